The Morgan fingerprint density at radius 2 is 1.66 bits per heavy atom. The van der Waals surface area contributed by atoms with Gasteiger partial charge in [0, 0.05) is 12.0 Å². The van der Waals surface area contributed by atoms with Crippen molar-refractivity contribution in [2.75, 3.05) is 7.11 Å². The molecule has 0 spiro atoms. The molecular formula is C22H27NO6. The quantitative estimate of drug-likeness (QED) is 0.651. The smallest absolute Gasteiger partial charge is 0.409 e. The van der Waals surface area contributed by atoms with E-state index >= 15 is 0 Å². The van der Waals surface area contributed by atoms with Crippen LogP contribution < -0.4 is 10.1 Å². The lowest BCUT2D eigenvalue weighted by molar-refractivity contribution is -0.156. The Hall–Kier alpha value is -3.06. The van der Waals surface area contributed by atoms with Gasteiger partial charge in [-0.15, -0.1) is 0 Å². The Morgan fingerprint density at radius 3 is 2.17 bits per heavy atom. The van der Waals surface area contributed by atoms with E-state index in [-0.39, 0.29) is 6.42 Å². The van der Waals surface area contributed by atoms with Crippen molar-refractivity contribution in [3.05, 3.63) is 65.7 Å². The van der Waals surface area contributed by atoms with E-state index in [9.17, 15) is 14.7 Å². The van der Waals surface area contributed by atoms with Crippen molar-refractivity contribution in [1.82, 2.24) is 5.32 Å². The van der Waals surface area contributed by atoms with Gasteiger partial charge in [0.1, 0.15) is 11.4 Å². The molecule has 0 radical (unpaired) electrons. The minimum atomic E-state index is -1.17. The van der Waals surface area contributed by atoms with Crippen molar-refractivity contribution < 1.29 is 28.9 Å². The van der Waals surface area contributed by atoms with Crippen LogP contribution in [0, 0.1) is 0 Å². The second-order valence-corrected chi connectivity index (χ2v) is 7.45. The molecule has 156 valence electrons. The predicted octanol–water partition coefficient (Wildman–Crippen LogP) is 3.93. The SMILES string of the molecule is COc1ccc([C@H](NC(=O)OC(C)(C)C)O[C@H](Cc2ccccc2)C(=O)O)cc1. The van der Waals surface area contributed by atoms with Gasteiger partial charge in [-0.25, -0.2) is 9.59 Å². The van der Waals surface area contributed by atoms with Crippen molar-refractivity contribution >= 4 is 12.1 Å². The molecule has 0 aromatic heterocycles. The number of hydrogen-bond donors (Lipinski definition) is 2. The molecule has 7 nitrogen and oxygen atoms in total. The van der Waals surface area contributed by atoms with Gasteiger partial charge in [0.25, 0.3) is 0 Å². The van der Waals surface area contributed by atoms with Crippen LogP contribution in [-0.4, -0.2) is 36.0 Å². The van der Waals surface area contributed by atoms with Gasteiger partial charge in [-0.1, -0.05) is 42.5 Å². The van der Waals surface area contributed by atoms with Crippen LogP contribution in [0.3, 0.4) is 0 Å². The van der Waals surface area contributed by atoms with Crippen molar-refractivity contribution in [3.63, 3.8) is 0 Å². The molecule has 0 heterocycles. The molecular weight excluding hydrogens is 374 g/mol. The number of aliphatic carboxylic acids is 1. The highest BCUT2D eigenvalue weighted by atomic mass is 16.6. The first-order valence-electron chi connectivity index (χ1n) is 9.23. The summed E-state index contributed by atoms with van der Waals surface area (Å²) >= 11 is 0. The molecule has 29 heavy (non-hydrogen) atoms. The van der Waals surface area contributed by atoms with E-state index in [1.165, 1.54) is 0 Å². The molecule has 0 saturated carbocycles. The zero-order valence-electron chi connectivity index (χ0n) is 17.0. The van der Waals surface area contributed by atoms with Crippen LogP contribution in [0.15, 0.2) is 54.6 Å². The zero-order chi connectivity index (χ0) is 21.4. The number of benzene rings is 2. The normalized spacial score (nSPS) is 13.2. The summed E-state index contributed by atoms with van der Waals surface area (Å²) in [5.74, 6) is -0.498. The molecule has 0 aliphatic heterocycles. The largest absolute Gasteiger partial charge is 0.497 e. The van der Waals surface area contributed by atoms with Crippen LogP contribution in [-0.2, 0) is 20.7 Å². The average molecular weight is 401 g/mol. The number of carboxylic acids is 1. The molecule has 0 unspecified atom stereocenters. The molecule has 0 bridgehead atoms. The fraction of sp³-hybridized carbons (Fsp3) is 0.364. The predicted molar refractivity (Wildman–Crippen MR) is 108 cm³/mol. The minimum absolute atomic E-state index is 0.152. The fourth-order valence-electron chi connectivity index (χ4n) is 2.58. The van der Waals surface area contributed by atoms with Gasteiger partial charge in [-0.3, -0.25) is 5.32 Å². The van der Waals surface area contributed by atoms with Crippen LogP contribution in [0.4, 0.5) is 4.79 Å². The Bertz CT molecular complexity index is 798. The summed E-state index contributed by atoms with van der Waals surface area (Å²) in [7, 11) is 1.54. The number of rotatable bonds is 8. The molecule has 0 aliphatic rings. The number of alkyl carbamates (subject to hydrolysis) is 1. The van der Waals surface area contributed by atoms with Gasteiger partial charge in [0.05, 0.1) is 7.11 Å². The summed E-state index contributed by atoms with van der Waals surface area (Å²) < 4.78 is 16.2. The molecule has 0 aliphatic carbocycles. The first-order chi connectivity index (χ1) is 13.7. The van der Waals surface area contributed by atoms with Crippen LogP contribution in [0.2, 0.25) is 0 Å². The number of carboxylic acid groups (broad SMARTS) is 1. The minimum Gasteiger partial charge on any atom is -0.497 e. The summed E-state index contributed by atoms with van der Waals surface area (Å²) in [5, 5.41) is 12.3. The first-order valence-corrected chi connectivity index (χ1v) is 9.23. The number of carbonyl (C=O) groups is 2. The molecule has 2 aromatic rings. The topological polar surface area (TPSA) is 94.1 Å². The van der Waals surface area contributed by atoms with E-state index < -0.39 is 30.0 Å². The third-order valence-corrected chi connectivity index (χ3v) is 3.91. The van der Waals surface area contributed by atoms with Crippen molar-refractivity contribution in [2.24, 2.45) is 0 Å². The van der Waals surface area contributed by atoms with E-state index in [0.29, 0.717) is 11.3 Å². The highest BCUT2D eigenvalue weighted by Crippen LogP contribution is 2.22. The molecule has 2 atom stereocenters. The highest BCUT2D eigenvalue weighted by Gasteiger charge is 2.27. The van der Waals surface area contributed by atoms with E-state index in [2.05, 4.69) is 5.32 Å². The third kappa shape index (κ3) is 7.46. The number of carbonyl (C=O) groups excluding carboxylic acids is 1. The molecule has 0 saturated heterocycles. The maximum absolute atomic E-state index is 12.3. The maximum Gasteiger partial charge on any atom is 0.409 e. The van der Waals surface area contributed by atoms with Gasteiger partial charge in [0.2, 0.25) is 0 Å². The number of hydrogen-bond acceptors (Lipinski definition) is 5. The number of amides is 1. The number of methoxy groups -OCH3 is 1. The van der Waals surface area contributed by atoms with Gasteiger partial charge in [0.15, 0.2) is 12.3 Å². The Kier molecular flexibility index (Phi) is 7.61. The van der Waals surface area contributed by atoms with Gasteiger partial charge in [-0.2, -0.15) is 0 Å². The van der Waals surface area contributed by atoms with Crippen LogP contribution in [0.1, 0.15) is 38.1 Å². The zero-order valence-corrected chi connectivity index (χ0v) is 17.0. The molecule has 2 aromatic carbocycles. The maximum atomic E-state index is 12.3. The third-order valence-electron chi connectivity index (χ3n) is 3.91. The van der Waals surface area contributed by atoms with E-state index in [0.717, 1.165) is 5.56 Å². The molecule has 2 N–H and O–H groups in total. The van der Waals surface area contributed by atoms with E-state index in [1.54, 1.807) is 52.1 Å². The van der Waals surface area contributed by atoms with Crippen molar-refractivity contribution in [3.8, 4) is 5.75 Å². The van der Waals surface area contributed by atoms with E-state index in [4.69, 9.17) is 14.2 Å². The monoisotopic (exact) mass is 401 g/mol. The second-order valence-electron chi connectivity index (χ2n) is 7.45. The van der Waals surface area contributed by atoms with Crippen LogP contribution in [0.5, 0.6) is 5.75 Å². The lowest BCUT2D eigenvalue weighted by atomic mass is 10.1. The van der Waals surface area contributed by atoms with Crippen molar-refractivity contribution in [1.29, 1.82) is 0 Å². The van der Waals surface area contributed by atoms with Crippen LogP contribution in [0.25, 0.3) is 0 Å². The second kappa shape index (κ2) is 9.93. The Morgan fingerprint density at radius 1 is 1.03 bits per heavy atom. The van der Waals surface area contributed by atoms with Crippen LogP contribution >= 0.6 is 0 Å². The summed E-state index contributed by atoms with van der Waals surface area (Å²) in [6, 6.07) is 16.0. The van der Waals surface area contributed by atoms with Gasteiger partial charge < -0.3 is 19.3 Å². The van der Waals surface area contributed by atoms with Gasteiger partial charge >= 0.3 is 12.1 Å². The highest BCUT2D eigenvalue weighted by molar-refractivity contribution is 5.73. The molecule has 1 amide bonds. The number of nitrogens with one attached hydrogen (secondary N) is 1. The standard InChI is InChI=1S/C22H27NO6/c1-22(2,3)29-21(26)23-19(16-10-12-17(27-4)13-11-16)28-18(20(24)25)14-15-8-6-5-7-9-15/h5-13,18-19H,14H2,1-4H3,(H,23,26)(H,24,25)/t18-,19-/m1/s1. The molecule has 7 heteroatoms. The van der Waals surface area contributed by atoms with E-state index in [1.807, 2.05) is 30.3 Å². The summed E-state index contributed by atoms with van der Waals surface area (Å²) in [6.45, 7) is 5.22. The summed E-state index contributed by atoms with van der Waals surface area (Å²) in [5.41, 5.74) is 0.673. The lowest BCUT2D eigenvalue weighted by Crippen LogP contribution is -2.39. The lowest BCUT2D eigenvalue weighted by Gasteiger charge is -2.26. The number of ether oxygens (including phenoxy) is 3. The first kappa shape index (κ1) is 22.2. The summed E-state index contributed by atoms with van der Waals surface area (Å²) in [6.07, 6.45) is -2.74. The fourth-order valence-corrected chi connectivity index (χ4v) is 2.58. The summed E-state index contributed by atoms with van der Waals surface area (Å²) in [4.78, 5) is 24.1. The van der Waals surface area contributed by atoms with Gasteiger partial charge in [-0.05, 0) is 38.5 Å². The molecule has 0 fully saturated rings. The molecule has 2 rings (SSSR count). The average Bonchev–Trinajstić information content (AvgIpc) is 2.66. The Balaban J connectivity index is 2.23. The Labute approximate surface area is 170 Å². The van der Waals surface area contributed by atoms with Crippen molar-refractivity contribution in [2.45, 2.75) is 45.1 Å².